The molecule has 0 radical (unpaired) electrons. The Bertz CT molecular complexity index is 411. The zero-order chi connectivity index (χ0) is 16.0. The molecule has 1 saturated heterocycles. The van der Waals surface area contributed by atoms with Crippen molar-refractivity contribution in [2.24, 2.45) is 5.41 Å². The lowest BCUT2D eigenvalue weighted by atomic mass is 9.90. The highest BCUT2D eigenvalue weighted by Crippen LogP contribution is 2.19. The van der Waals surface area contributed by atoms with Crippen LogP contribution in [0.2, 0.25) is 0 Å². The van der Waals surface area contributed by atoms with Crippen molar-refractivity contribution in [3.8, 4) is 0 Å². The molecule has 1 unspecified atom stereocenters. The van der Waals surface area contributed by atoms with E-state index in [1.165, 1.54) is 0 Å². The number of hydrogen-bond donors (Lipinski definition) is 3. The number of carboxylic acid groups (broad SMARTS) is 1. The van der Waals surface area contributed by atoms with E-state index in [-0.39, 0.29) is 24.4 Å². The highest BCUT2D eigenvalue weighted by atomic mass is 16.5. The minimum absolute atomic E-state index is 0.0747. The maximum atomic E-state index is 12.1. The monoisotopic (exact) mass is 301 g/mol. The van der Waals surface area contributed by atoms with Crippen molar-refractivity contribution in [3.63, 3.8) is 0 Å². The number of rotatable bonds is 6. The van der Waals surface area contributed by atoms with Crippen LogP contribution in [0.15, 0.2) is 0 Å². The van der Waals surface area contributed by atoms with E-state index in [0.29, 0.717) is 13.2 Å². The number of carbonyl (C=O) groups excluding carboxylic acids is 2. The highest BCUT2D eigenvalue weighted by Gasteiger charge is 2.35. The molecule has 0 aromatic heterocycles. The summed E-state index contributed by atoms with van der Waals surface area (Å²) >= 11 is 0. The van der Waals surface area contributed by atoms with Crippen LogP contribution < -0.4 is 10.6 Å². The van der Waals surface area contributed by atoms with Crippen LogP contribution in [-0.2, 0) is 14.3 Å². The Labute approximate surface area is 123 Å². The molecule has 8 heteroatoms. The van der Waals surface area contributed by atoms with Gasteiger partial charge in [0.2, 0.25) is 5.91 Å². The van der Waals surface area contributed by atoms with Gasteiger partial charge in [-0.15, -0.1) is 0 Å². The van der Waals surface area contributed by atoms with Crippen molar-refractivity contribution in [1.82, 2.24) is 15.5 Å². The van der Waals surface area contributed by atoms with Gasteiger partial charge in [0.1, 0.15) is 12.6 Å². The molecule has 0 spiro atoms. The zero-order valence-electron chi connectivity index (χ0n) is 12.6. The van der Waals surface area contributed by atoms with Gasteiger partial charge in [-0.1, -0.05) is 13.8 Å². The Morgan fingerprint density at radius 2 is 2.19 bits per heavy atom. The predicted octanol–water partition coefficient (Wildman–Crippen LogP) is -0.356. The van der Waals surface area contributed by atoms with Crippen molar-refractivity contribution in [1.29, 1.82) is 0 Å². The molecule has 0 bridgehead atoms. The quantitative estimate of drug-likeness (QED) is 0.621. The van der Waals surface area contributed by atoms with Crippen LogP contribution in [0.5, 0.6) is 0 Å². The Balaban J connectivity index is 2.59. The Hall–Kier alpha value is -1.83. The number of aliphatic carboxylic acids is 1. The zero-order valence-corrected chi connectivity index (χ0v) is 12.6. The molecule has 0 aromatic carbocycles. The molecule has 0 aliphatic carbocycles. The van der Waals surface area contributed by atoms with Gasteiger partial charge in [-0.2, -0.15) is 0 Å². The second kappa shape index (κ2) is 7.26. The summed E-state index contributed by atoms with van der Waals surface area (Å²) in [6.07, 6.45) is 0.757. The molecule has 0 saturated carbocycles. The van der Waals surface area contributed by atoms with Gasteiger partial charge in [0.25, 0.3) is 0 Å². The number of urea groups is 1. The first-order valence-corrected chi connectivity index (χ1v) is 6.80. The average Bonchev–Trinajstić information content (AvgIpc) is 2.42. The summed E-state index contributed by atoms with van der Waals surface area (Å²) in [6.45, 7) is 4.58. The van der Waals surface area contributed by atoms with Crippen LogP contribution >= 0.6 is 0 Å². The van der Waals surface area contributed by atoms with E-state index in [0.717, 1.165) is 11.3 Å². The van der Waals surface area contributed by atoms with Gasteiger partial charge in [-0.25, -0.2) is 9.59 Å². The van der Waals surface area contributed by atoms with Gasteiger partial charge in [-0.3, -0.25) is 9.69 Å². The van der Waals surface area contributed by atoms with Gasteiger partial charge < -0.3 is 20.5 Å². The Kier molecular flexibility index (Phi) is 5.95. The maximum absolute atomic E-state index is 12.1. The molecule has 0 aromatic rings. The number of nitrogens with one attached hydrogen (secondary N) is 2. The van der Waals surface area contributed by atoms with E-state index >= 15 is 0 Å². The molecule has 21 heavy (non-hydrogen) atoms. The Morgan fingerprint density at radius 3 is 2.76 bits per heavy atom. The molecule has 1 atom stereocenters. The maximum Gasteiger partial charge on any atom is 0.328 e. The predicted molar refractivity (Wildman–Crippen MR) is 74.8 cm³/mol. The number of amides is 3. The number of methoxy groups -OCH3 is 1. The SMILES string of the molecule is COCCC(C)(C)CNC(=O)N1CC(=O)NCC1C(=O)O. The molecule has 1 aliphatic rings. The lowest BCUT2D eigenvalue weighted by molar-refractivity contribution is -0.144. The average molecular weight is 301 g/mol. The summed E-state index contributed by atoms with van der Waals surface area (Å²) < 4.78 is 5.01. The van der Waals surface area contributed by atoms with E-state index in [4.69, 9.17) is 9.84 Å². The molecule has 120 valence electrons. The number of ether oxygens (including phenoxy) is 1. The van der Waals surface area contributed by atoms with Crippen molar-refractivity contribution in [2.75, 3.05) is 33.4 Å². The number of piperazine rings is 1. The fraction of sp³-hybridized carbons (Fsp3) is 0.769. The lowest BCUT2D eigenvalue weighted by Gasteiger charge is -2.34. The topological polar surface area (TPSA) is 108 Å². The second-order valence-corrected chi connectivity index (χ2v) is 5.85. The standard InChI is InChI=1S/C13H23N3O5/c1-13(2,4-5-21-3)8-15-12(20)16-7-10(17)14-6-9(16)11(18)19/h9H,4-8H2,1-3H3,(H,14,17)(H,15,20)(H,18,19). The smallest absolute Gasteiger partial charge is 0.328 e. The van der Waals surface area contributed by atoms with Crippen molar-refractivity contribution in [3.05, 3.63) is 0 Å². The first kappa shape index (κ1) is 17.2. The molecule has 3 N–H and O–H groups in total. The second-order valence-electron chi connectivity index (χ2n) is 5.85. The van der Waals surface area contributed by atoms with Gasteiger partial charge in [0.05, 0.1) is 0 Å². The number of carbonyl (C=O) groups is 3. The first-order chi connectivity index (χ1) is 9.76. The Morgan fingerprint density at radius 1 is 1.52 bits per heavy atom. The van der Waals surface area contributed by atoms with Crippen LogP contribution in [0.1, 0.15) is 20.3 Å². The van der Waals surface area contributed by atoms with Gasteiger partial charge in [0.15, 0.2) is 0 Å². The molecule has 1 rings (SSSR count). The van der Waals surface area contributed by atoms with Crippen molar-refractivity contribution in [2.45, 2.75) is 26.3 Å². The summed E-state index contributed by atoms with van der Waals surface area (Å²) in [4.78, 5) is 35.6. The summed E-state index contributed by atoms with van der Waals surface area (Å²) in [5.41, 5.74) is -0.178. The molecule has 1 fully saturated rings. The number of nitrogens with zero attached hydrogens (tertiary/aromatic N) is 1. The summed E-state index contributed by atoms with van der Waals surface area (Å²) in [5, 5.41) is 14.2. The molecule has 1 heterocycles. The van der Waals surface area contributed by atoms with E-state index in [9.17, 15) is 14.4 Å². The van der Waals surface area contributed by atoms with Crippen LogP contribution in [0, 0.1) is 5.41 Å². The van der Waals surface area contributed by atoms with Crippen LogP contribution in [0.25, 0.3) is 0 Å². The molecule has 1 aliphatic heterocycles. The van der Waals surface area contributed by atoms with Crippen LogP contribution in [0.3, 0.4) is 0 Å². The third kappa shape index (κ3) is 5.22. The van der Waals surface area contributed by atoms with Crippen LogP contribution in [-0.4, -0.2) is 67.3 Å². The van der Waals surface area contributed by atoms with E-state index in [1.807, 2.05) is 13.8 Å². The normalized spacial score (nSPS) is 19.1. The third-order valence-corrected chi connectivity index (χ3v) is 3.43. The highest BCUT2D eigenvalue weighted by molar-refractivity contribution is 5.90. The molecular weight excluding hydrogens is 278 g/mol. The minimum atomic E-state index is -1.14. The van der Waals surface area contributed by atoms with Crippen molar-refractivity contribution < 1.29 is 24.2 Å². The number of carboxylic acids is 1. The van der Waals surface area contributed by atoms with Gasteiger partial charge >= 0.3 is 12.0 Å². The van der Waals surface area contributed by atoms with Crippen molar-refractivity contribution >= 4 is 17.9 Å². The summed E-state index contributed by atoms with van der Waals surface area (Å²) in [6, 6.07) is -1.58. The molecule has 3 amide bonds. The summed E-state index contributed by atoms with van der Waals surface area (Å²) in [7, 11) is 1.61. The fourth-order valence-corrected chi connectivity index (χ4v) is 1.96. The minimum Gasteiger partial charge on any atom is -0.480 e. The van der Waals surface area contributed by atoms with Gasteiger partial charge in [-0.05, 0) is 11.8 Å². The molecular formula is C13H23N3O5. The number of hydrogen-bond acceptors (Lipinski definition) is 4. The fourth-order valence-electron chi connectivity index (χ4n) is 1.96. The first-order valence-electron chi connectivity index (χ1n) is 6.80. The summed E-state index contributed by atoms with van der Waals surface area (Å²) in [5.74, 6) is -1.50. The van der Waals surface area contributed by atoms with E-state index in [1.54, 1.807) is 7.11 Å². The third-order valence-electron chi connectivity index (χ3n) is 3.43. The van der Waals surface area contributed by atoms with Gasteiger partial charge in [0, 0.05) is 26.8 Å². The lowest BCUT2D eigenvalue weighted by Crippen LogP contribution is -2.61. The largest absolute Gasteiger partial charge is 0.480 e. The van der Waals surface area contributed by atoms with E-state index < -0.39 is 18.0 Å². The van der Waals surface area contributed by atoms with Crippen LogP contribution in [0.4, 0.5) is 4.79 Å². The molecule has 8 nitrogen and oxygen atoms in total. The van der Waals surface area contributed by atoms with E-state index in [2.05, 4.69) is 10.6 Å².